The molecular weight excluding hydrogens is 252 g/mol. The summed E-state index contributed by atoms with van der Waals surface area (Å²) < 4.78 is 0. The first kappa shape index (κ1) is 14.3. The van der Waals surface area contributed by atoms with Gasteiger partial charge in [-0.3, -0.25) is 4.79 Å². The van der Waals surface area contributed by atoms with Crippen LogP contribution in [0, 0.1) is 16.7 Å². The van der Waals surface area contributed by atoms with Crippen LogP contribution in [0.15, 0.2) is 0 Å². The standard InChI is InChI=1S/C16H28N2O2/c1-17(2)11-15(12-19)6-8-18(9-7-15)14(20)13-10-16(13)4-3-5-16/h13,19H,3-12H2,1-2H3. The summed E-state index contributed by atoms with van der Waals surface area (Å²) in [4.78, 5) is 16.8. The van der Waals surface area contributed by atoms with Gasteiger partial charge in [0.1, 0.15) is 0 Å². The van der Waals surface area contributed by atoms with Gasteiger partial charge in [-0.2, -0.15) is 0 Å². The summed E-state index contributed by atoms with van der Waals surface area (Å²) in [5.74, 6) is 0.743. The van der Waals surface area contributed by atoms with E-state index in [-0.39, 0.29) is 12.0 Å². The smallest absolute Gasteiger partial charge is 0.226 e. The molecule has 0 aromatic heterocycles. The fourth-order valence-corrected chi connectivity index (χ4v) is 4.34. The lowest BCUT2D eigenvalue weighted by molar-refractivity contribution is -0.137. The zero-order valence-electron chi connectivity index (χ0n) is 12.9. The number of nitrogens with zero attached hydrogens (tertiary/aromatic N) is 2. The van der Waals surface area contributed by atoms with Gasteiger partial charge in [-0.05, 0) is 51.6 Å². The largest absolute Gasteiger partial charge is 0.396 e. The molecule has 1 spiro atoms. The minimum Gasteiger partial charge on any atom is -0.396 e. The van der Waals surface area contributed by atoms with E-state index in [1.807, 2.05) is 0 Å². The molecular formula is C16H28N2O2. The monoisotopic (exact) mass is 280 g/mol. The summed E-state index contributed by atoms with van der Waals surface area (Å²) in [6, 6.07) is 0. The van der Waals surface area contributed by atoms with E-state index in [1.165, 1.54) is 19.3 Å². The van der Waals surface area contributed by atoms with Gasteiger partial charge in [-0.15, -0.1) is 0 Å². The molecule has 1 saturated heterocycles. The lowest BCUT2D eigenvalue weighted by atomic mass is 9.77. The second-order valence-corrected chi connectivity index (χ2v) is 7.69. The molecule has 0 radical (unpaired) electrons. The highest BCUT2D eigenvalue weighted by Crippen LogP contribution is 2.66. The Hall–Kier alpha value is -0.610. The Kier molecular flexibility index (Phi) is 3.57. The molecule has 0 aromatic carbocycles. The van der Waals surface area contributed by atoms with Crippen LogP contribution in [0.3, 0.4) is 0 Å². The van der Waals surface area contributed by atoms with Crippen LogP contribution in [0.2, 0.25) is 0 Å². The number of rotatable bonds is 4. The molecule has 4 nitrogen and oxygen atoms in total. The third-order valence-electron chi connectivity index (χ3n) is 5.96. The number of likely N-dealkylation sites (tertiary alicyclic amines) is 1. The van der Waals surface area contributed by atoms with Crippen molar-refractivity contribution in [2.24, 2.45) is 16.7 Å². The average Bonchev–Trinajstić information content (AvgIpc) is 3.14. The van der Waals surface area contributed by atoms with Crippen molar-refractivity contribution in [3.05, 3.63) is 0 Å². The number of hydrogen-bond donors (Lipinski definition) is 1. The maximum Gasteiger partial charge on any atom is 0.226 e. The first-order valence-electron chi connectivity index (χ1n) is 8.05. The maximum absolute atomic E-state index is 12.5. The summed E-state index contributed by atoms with van der Waals surface area (Å²) in [6.07, 6.45) is 6.89. The van der Waals surface area contributed by atoms with E-state index >= 15 is 0 Å². The van der Waals surface area contributed by atoms with Crippen LogP contribution in [0.1, 0.15) is 38.5 Å². The molecule has 1 heterocycles. The first-order chi connectivity index (χ1) is 9.50. The van der Waals surface area contributed by atoms with Crippen molar-refractivity contribution in [1.29, 1.82) is 0 Å². The van der Waals surface area contributed by atoms with Gasteiger partial charge in [0, 0.05) is 31.0 Å². The minimum absolute atomic E-state index is 0.00200. The highest BCUT2D eigenvalue weighted by molar-refractivity contribution is 5.83. The Bertz CT molecular complexity index is 382. The summed E-state index contributed by atoms with van der Waals surface area (Å²) in [5.41, 5.74) is 0.435. The first-order valence-corrected chi connectivity index (χ1v) is 8.05. The molecule has 4 heteroatoms. The van der Waals surface area contributed by atoms with E-state index in [0.29, 0.717) is 17.2 Å². The number of piperidine rings is 1. The van der Waals surface area contributed by atoms with Gasteiger partial charge in [0.25, 0.3) is 0 Å². The Morgan fingerprint density at radius 2 is 1.90 bits per heavy atom. The molecule has 114 valence electrons. The minimum atomic E-state index is -0.00200. The Balaban J connectivity index is 1.54. The van der Waals surface area contributed by atoms with E-state index in [4.69, 9.17) is 0 Å². The maximum atomic E-state index is 12.5. The van der Waals surface area contributed by atoms with Crippen molar-refractivity contribution < 1.29 is 9.90 Å². The molecule has 2 saturated carbocycles. The quantitative estimate of drug-likeness (QED) is 0.845. The molecule has 1 N–H and O–H groups in total. The molecule has 1 atom stereocenters. The molecule has 0 bridgehead atoms. The molecule has 2 aliphatic carbocycles. The summed E-state index contributed by atoms with van der Waals surface area (Å²) >= 11 is 0. The normalized spacial score (nSPS) is 30.4. The second kappa shape index (κ2) is 4.99. The van der Waals surface area contributed by atoms with E-state index < -0.39 is 0 Å². The average molecular weight is 280 g/mol. The Morgan fingerprint density at radius 1 is 1.25 bits per heavy atom. The molecule has 3 rings (SSSR count). The van der Waals surface area contributed by atoms with Crippen LogP contribution >= 0.6 is 0 Å². The third-order valence-corrected chi connectivity index (χ3v) is 5.96. The van der Waals surface area contributed by atoms with Crippen molar-refractivity contribution in [3.8, 4) is 0 Å². The molecule has 3 aliphatic rings. The summed E-state index contributed by atoms with van der Waals surface area (Å²) in [5, 5.41) is 9.74. The molecule has 1 unspecified atom stereocenters. The predicted molar refractivity (Wildman–Crippen MR) is 78.3 cm³/mol. The lowest BCUT2D eigenvalue weighted by Gasteiger charge is -2.42. The van der Waals surface area contributed by atoms with Crippen molar-refractivity contribution in [2.75, 3.05) is 40.3 Å². The van der Waals surface area contributed by atoms with Gasteiger partial charge >= 0.3 is 0 Å². The third kappa shape index (κ3) is 2.37. The van der Waals surface area contributed by atoms with Crippen LogP contribution in [0.5, 0.6) is 0 Å². The Labute approximate surface area is 122 Å². The number of aliphatic hydroxyl groups excluding tert-OH is 1. The van der Waals surface area contributed by atoms with Crippen molar-refractivity contribution in [2.45, 2.75) is 38.5 Å². The van der Waals surface area contributed by atoms with E-state index in [9.17, 15) is 9.90 Å². The van der Waals surface area contributed by atoms with Crippen LogP contribution in [0.25, 0.3) is 0 Å². The number of carbonyl (C=O) groups is 1. The highest BCUT2D eigenvalue weighted by Gasteiger charge is 2.61. The molecule has 3 fully saturated rings. The highest BCUT2D eigenvalue weighted by atomic mass is 16.3. The zero-order chi connectivity index (χ0) is 14.4. The summed E-state index contributed by atoms with van der Waals surface area (Å²) in [6.45, 7) is 2.82. The van der Waals surface area contributed by atoms with Crippen molar-refractivity contribution in [3.63, 3.8) is 0 Å². The number of carbonyl (C=O) groups excluding carboxylic acids is 1. The fourth-order valence-electron chi connectivity index (χ4n) is 4.34. The lowest BCUT2D eigenvalue weighted by Crippen LogP contribution is -2.49. The SMILES string of the molecule is CN(C)CC1(CO)CCN(C(=O)C2CC23CCC3)CC1. The van der Waals surface area contributed by atoms with Crippen LogP contribution in [0.4, 0.5) is 0 Å². The summed E-state index contributed by atoms with van der Waals surface area (Å²) in [7, 11) is 4.11. The fraction of sp³-hybridized carbons (Fsp3) is 0.938. The van der Waals surface area contributed by atoms with Crippen molar-refractivity contribution in [1.82, 2.24) is 9.80 Å². The van der Waals surface area contributed by atoms with Gasteiger partial charge in [0.05, 0.1) is 6.61 Å². The zero-order valence-corrected chi connectivity index (χ0v) is 12.9. The van der Waals surface area contributed by atoms with E-state index in [0.717, 1.165) is 38.9 Å². The van der Waals surface area contributed by atoms with Crippen LogP contribution in [-0.4, -0.2) is 61.2 Å². The van der Waals surface area contributed by atoms with Gasteiger partial charge in [0.15, 0.2) is 0 Å². The van der Waals surface area contributed by atoms with Gasteiger partial charge in [0.2, 0.25) is 5.91 Å². The second-order valence-electron chi connectivity index (χ2n) is 7.69. The van der Waals surface area contributed by atoms with Crippen LogP contribution in [-0.2, 0) is 4.79 Å². The predicted octanol–water partition coefficient (Wildman–Crippen LogP) is 1.34. The van der Waals surface area contributed by atoms with E-state index in [2.05, 4.69) is 23.9 Å². The molecule has 1 amide bonds. The molecule has 20 heavy (non-hydrogen) atoms. The van der Waals surface area contributed by atoms with E-state index in [1.54, 1.807) is 0 Å². The molecule has 1 aliphatic heterocycles. The Morgan fingerprint density at radius 3 is 2.30 bits per heavy atom. The van der Waals surface area contributed by atoms with Crippen molar-refractivity contribution >= 4 is 5.91 Å². The van der Waals surface area contributed by atoms with Gasteiger partial charge in [-0.25, -0.2) is 0 Å². The number of amides is 1. The van der Waals surface area contributed by atoms with Crippen LogP contribution < -0.4 is 0 Å². The van der Waals surface area contributed by atoms with Gasteiger partial charge < -0.3 is 14.9 Å². The topological polar surface area (TPSA) is 43.8 Å². The van der Waals surface area contributed by atoms with Gasteiger partial charge in [-0.1, -0.05) is 6.42 Å². The molecule has 0 aromatic rings. The number of aliphatic hydroxyl groups is 1. The number of hydrogen-bond acceptors (Lipinski definition) is 3.